The molecular formula is C12H18N2O2S. The molecule has 1 aromatic rings. The van der Waals surface area contributed by atoms with E-state index >= 15 is 0 Å². The van der Waals surface area contributed by atoms with Gasteiger partial charge in [-0.3, -0.25) is 0 Å². The van der Waals surface area contributed by atoms with Crippen LogP contribution in [0.1, 0.15) is 25.3 Å². The lowest BCUT2D eigenvalue weighted by Crippen LogP contribution is -2.18. The molecule has 0 heterocycles. The Morgan fingerprint density at radius 3 is 2.59 bits per heavy atom. The minimum atomic E-state index is -3.64. The number of nitrogens with two attached hydrogens (primary N) is 1. The highest BCUT2D eigenvalue weighted by Crippen LogP contribution is 2.34. The van der Waals surface area contributed by atoms with Gasteiger partial charge in [0.1, 0.15) is 0 Å². The molecule has 0 saturated heterocycles. The summed E-state index contributed by atoms with van der Waals surface area (Å²) in [5, 5.41) is 8.50. The number of hydrogen-bond acceptors (Lipinski definition) is 3. The number of aryl methyl sites for hydroxylation is 1. The molecule has 0 amide bonds. The van der Waals surface area contributed by atoms with Crippen molar-refractivity contribution in [1.82, 2.24) is 0 Å². The third kappa shape index (κ3) is 2.98. The van der Waals surface area contributed by atoms with Gasteiger partial charge >= 0.3 is 0 Å². The monoisotopic (exact) mass is 254 g/mol. The predicted molar refractivity (Wildman–Crippen MR) is 68.4 cm³/mol. The number of primary sulfonamides is 1. The van der Waals surface area contributed by atoms with Crippen molar-refractivity contribution in [2.45, 2.75) is 37.6 Å². The van der Waals surface area contributed by atoms with Crippen LogP contribution in [0.25, 0.3) is 0 Å². The molecule has 0 aromatic heterocycles. The lowest BCUT2D eigenvalue weighted by atomic mass is 10.2. The molecule has 2 rings (SSSR count). The Hall–Kier alpha value is -1.07. The SMILES string of the molecule is Cc1ccc(NC(C)C2CC2)cc1S(N)(=O)=O. The molecule has 1 atom stereocenters. The second kappa shape index (κ2) is 4.31. The average molecular weight is 254 g/mol. The van der Waals surface area contributed by atoms with Crippen molar-refractivity contribution < 1.29 is 8.42 Å². The molecule has 3 N–H and O–H groups in total. The number of rotatable bonds is 4. The first kappa shape index (κ1) is 12.4. The van der Waals surface area contributed by atoms with Gasteiger partial charge in [-0.05, 0) is 50.3 Å². The van der Waals surface area contributed by atoms with Gasteiger partial charge in [0.05, 0.1) is 4.90 Å². The molecule has 0 aliphatic heterocycles. The third-order valence-electron chi connectivity index (χ3n) is 3.22. The quantitative estimate of drug-likeness (QED) is 0.861. The minimum absolute atomic E-state index is 0.200. The van der Waals surface area contributed by atoms with Crippen LogP contribution in [0, 0.1) is 12.8 Å². The fourth-order valence-corrected chi connectivity index (χ4v) is 2.78. The molecule has 0 spiro atoms. The summed E-state index contributed by atoms with van der Waals surface area (Å²) < 4.78 is 22.8. The Labute approximate surface area is 102 Å². The fourth-order valence-electron chi connectivity index (χ4n) is 1.97. The molecule has 5 heteroatoms. The molecule has 0 radical (unpaired) electrons. The molecule has 1 aromatic carbocycles. The Morgan fingerprint density at radius 2 is 2.06 bits per heavy atom. The maximum absolute atomic E-state index is 11.4. The third-order valence-corrected chi connectivity index (χ3v) is 4.27. The summed E-state index contributed by atoms with van der Waals surface area (Å²) in [6.45, 7) is 3.86. The maximum atomic E-state index is 11.4. The van der Waals surface area contributed by atoms with Gasteiger partial charge in [0, 0.05) is 11.7 Å². The number of nitrogens with one attached hydrogen (secondary N) is 1. The molecule has 94 valence electrons. The first-order valence-corrected chi connectivity index (χ1v) is 7.32. The van der Waals surface area contributed by atoms with Gasteiger partial charge in [-0.25, -0.2) is 13.6 Å². The van der Waals surface area contributed by atoms with Crippen molar-refractivity contribution in [3.05, 3.63) is 23.8 Å². The second-order valence-corrected chi connectivity index (χ2v) is 6.33. The summed E-state index contributed by atoms with van der Waals surface area (Å²) in [6.07, 6.45) is 2.50. The number of sulfonamides is 1. The molecule has 1 unspecified atom stereocenters. The van der Waals surface area contributed by atoms with E-state index in [0.717, 1.165) is 5.69 Å². The standard InChI is InChI=1S/C12H18N2O2S/c1-8-3-6-11(7-12(8)17(13,15)16)14-9(2)10-4-5-10/h3,6-7,9-10,14H,4-5H2,1-2H3,(H2,13,15,16). The van der Waals surface area contributed by atoms with Crippen LogP contribution >= 0.6 is 0 Å². The van der Waals surface area contributed by atoms with E-state index in [4.69, 9.17) is 5.14 Å². The van der Waals surface area contributed by atoms with E-state index in [2.05, 4.69) is 12.2 Å². The van der Waals surface area contributed by atoms with Gasteiger partial charge in [-0.2, -0.15) is 0 Å². The van der Waals surface area contributed by atoms with E-state index < -0.39 is 10.0 Å². The second-order valence-electron chi connectivity index (χ2n) is 4.80. The van der Waals surface area contributed by atoms with Crippen molar-refractivity contribution in [2.24, 2.45) is 11.1 Å². The van der Waals surface area contributed by atoms with E-state index in [1.807, 2.05) is 6.07 Å². The van der Waals surface area contributed by atoms with E-state index in [1.54, 1.807) is 19.1 Å². The summed E-state index contributed by atoms with van der Waals surface area (Å²) in [5.74, 6) is 0.717. The van der Waals surface area contributed by atoms with Crippen LogP contribution in [-0.2, 0) is 10.0 Å². The van der Waals surface area contributed by atoms with Crippen molar-refractivity contribution in [2.75, 3.05) is 5.32 Å². The molecule has 17 heavy (non-hydrogen) atoms. The first-order chi connectivity index (χ1) is 7.88. The van der Waals surface area contributed by atoms with Crippen molar-refractivity contribution in [3.63, 3.8) is 0 Å². The maximum Gasteiger partial charge on any atom is 0.238 e. The molecule has 1 saturated carbocycles. The van der Waals surface area contributed by atoms with Gasteiger partial charge in [0.2, 0.25) is 10.0 Å². The Bertz CT molecular complexity index is 521. The lowest BCUT2D eigenvalue weighted by molar-refractivity contribution is 0.597. The summed E-state index contributed by atoms with van der Waals surface area (Å²) >= 11 is 0. The fraction of sp³-hybridized carbons (Fsp3) is 0.500. The number of anilines is 1. The largest absolute Gasteiger partial charge is 0.382 e. The van der Waals surface area contributed by atoms with E-state index in [0.29, 0.717) is 17.5 Å². The highest BCUT2D eigenvalue weighted by molar-refractivity contribution is 7.89. The summed E-state index contributed by atoms with van der Waals surface area (Å²) in [7, 11) is -3.64. The van der Waals surface area contributed by atoms with Crippen LogP contribution in [0.2, 0.25) is 0 Å². The Balaban J connectivity index is 2.24. The van der Waals surface area contributed by atoms with Crippen LogP contribution in [-0.4, -0.2) is 14.5 Å². The van der Waals surface area contributed by atoms with Crippen LogP contribution in [0.5, 0.6) is 0 Å². The smallest absolute Gasteiger partial charge is 0.238 e. The van der Waals surface area contributed by atoms with Crippen LogP contribution < -0.4 is 10.5 Å². The Kier molecular flexibility index (Phi) is 3.14. The van der Waals surface area contributed by atoms with Crippen molar-refractivity contribution in [3.8, 4) is 0 Å². The molecule has 1 fully saturated rings. The molecule has 4 nitrogen and oxygen atoms in total. The van der Waals surface area contributed by atoms with E-state index in [1.165, 1.54) is 12.8 Å². The number of hydrogen-bond donors (Lipinski definition) is 2. The summed E-state index contributed by atoms with van der Waals surface area (Å²) in [4.78, 5) is 0.200. The van der Waals surface area contributed by atoms with Crippen LogP contribution in [0.15, 0.2) is 23.1 Å². The molecule has 0 bridgehead atoms. The summed E-state index contributed by atoms with van der Waals surface area (Å²) in [5.41, 5.74) is 1.50. The molecule has 1 aliphatic carbocycles. The first-order valence-electron chi connectivity index (χ1n) is 5.78. The van der Waals surface area contributed by atoms with Crippen LogP contribution in [0.3, 0.4) is 0 Å². The van der Waals surface area contributed by atoms with Gasteiger partial charge in [-0.15, -0.1) is 0 Å². The van der Waals surface area contributed by atoms with Gasteiger partial charge in [0.25, 0.3) is 0 Å². The molecular weight excluding hydrogens is 236 g/mol. The lowest BCUT2D eigenvalue weighted by Gasteiger charge is -2.15. The Morgan fingerprint density at radius 1 is 1.41 bits per heavy atom. The van der Waals surface area contributed by atoms with Crippen molar-refractivity contribution >= 4 is 15.7 Å². The highest BCUT2D eigenvalue weighted by Gasteiger charge is 2.27. The van der Waals surface area contributed by atoms with E-state index in [-0.39, 0.29) is 4.90 Å². The normalized spacial score (nSPS) is 17.8. The predicted octanol–water partition coefficient (Wildman–Crippen LogP) is 1.85. The van der Waals surface area contributed by atoms with Crippen LogP contribution in [0.4, 0.5) is 5.69 Å². The van der Waals surface area contributed by atoms with Gasteiger partial charge in [-0.1, -0.05) is 6.07 Å². The zero-order chi connectivity index (χ0) is 12.6. The van der Waals surface area contributed by atoms with Crippen molar-refractivity contribution in [1.29, 1.82) is 0 Å². The van der Waals surface area contributed by atoms with Gasteiger partial charge in [0.15, 0.2) is 0 Å². The van der Waals surface area contributed by atoms with Gasteiger partial charge < -0.3 is 5.32 Å². The highest BCUT2D eigenvalue weighted by atomic mass is 32.2. The minimum Gasteiger partial charge on any atom is -0.382 e. The average Bonchev–Trinajstić information content (AvgIpc) is 3.02. The number of benzene rings is 1. The zero-order valence-corrected chi connectivity index (χ0v) is 10.9. The topological polar surface area (TPSA) is 72.2 Å². The molecule has 1 aliphatic rings. The zero-order valence-electron chi connectivity index (χ0n) is 10.1. The van der Waals surface area contributed by atoms with E-state index in [9.17, 15) is 8.42 Å². The summed E-state index contributed by atoms with van der Waals surface area (Å²) in [6, 6.07) is 5.67.